The third-order valence-electron chi connectivity index (χ3n) is 6.10. The fraction of sp³-hybridized carbons (Fsp3) is 0.700. The summed E-state index contributed by atoms with van der Waals surface area (Å²) in [5, 5.41) is 2.16. The van der Waals surface area contributed by atoms with Crippen LogP contribution in [0, 0.1) is 0 Å². The number of fused-ring (bicyclic) bond motifs is 2. The van der Waals surface area contributed by atoms with Crippen LogP contribution in [0.3, 0.4) is 0 Å². The summed E-state index contributed by atoms with van der Waals surface area (Å²) >= 11 is 1.80. The first-order valence-electron chi connectivity index (χ1n) is 9.94. The molecule has 4 heterocycles. The maximum absolute atomic E-state index is 12.6. The molecule has 0 bridgehead atoms. The third-order valence-corrected chi connectivity index (χ3v) is 7.24. The van der Waals surface area contributed by atoms with Gasteiger partial charge < -0.3 is 14.5 Å². The summed E-state index contributed by atoms with van der Waals surface area (Å²) < 4.78 is 6.22. The van der Waals surface area contributed by atoms with Crippen molar-refractivity contribution in [2.24, 2.45) is 0 Å². The van der Waals surface area contributed by atoms with Gasteiger partial charge in [-0.3, -0.25) is 9.59 Å². The van der Waals surface area contributed by atoms with Gasteiger partial charge in [0.1, 0.15) is 5.60 Å². The van der Waals surface area contributed by atoms with Gasteiger partial charge in [-0.25, -0.2) is 0 Å². The Labute approximate surface area is 159 Å². The number of hydrogen-bond acceptors (Lipinski definition) is 4. The molecule has 0 radical (unpaired) electrons. The van der Waals surface area contributed by atoms with E-state index in [9.17, 15) is 9.59 Å². The van der Waals surface area contributed by atoms with Crippen molar-refractivity contribution in [1.29, 1.82) is 0 Å². The van der Waals surface area contributed by atoms with Crippen molar-refractivity contribution in [3.05, 3.63) is 21.9 Å². The summed E-state index contributed by atoms with van der Waals surface area (Å²) in [6, 6.07) is 2.22. The van der Waals surface area contributed by atoms with Crippen LogP contribution in [0.5, 0.6) is 0 Å². The van der Waals surface area contributed by atoms with Crippen molar-refractivity contribution < 1.29 is 14.3 Å². The van der Waals surface area contributed by atoms with Crippen LogP contribution in [0.25, 0.3) is 0 Å². The summed E-state index contributed by atoms with van der Waals surface area (Å²) in [6.07, 6.45) is 7.03. The number of amides is 2. The first-order chi connectivity index (χ1) is 12.7. The quantitative estimate of drug-likeness (QED) is 0.815. The van der Waals surface area contributed by atoms with Crippen molar-refractivity contribution in [1.82, 2.24) is 9.80 Å². The summed E-state index contributed by atoms with van der Waals surface area (Å²) in [6.45, 7) is 3.68. The van der Waals surface area contributed by atoms with Crippen LogP contribution >= 0.6 is 11.3 Å². The number of carbonyl (C=O) groups is 2. The number of nitrogens with zero attached hydrogens (tertiary/aromatic N) is 2. The van der Waals surface area contributed by atoms with Crippen molar-refractivity contribution in [2.75, 3.05) is 32.8 Å². The molecule has 142 valence electrons. The van der Waals surface area contributed by atoms with E-state index in [-0.39, 0.29) is 17.4 Å². The second-order valence-corrected chi connectivity index (χ2v) is 8.61. The maximum Gasteiger partial charge on any atom is 0.224 e. The van der Waals surface area contributed by atoms with E-state index in [4.69, 9.17) is 4.74 Å². The van der Waals surface area contributed by atoms with E-state index in [0.29, 0.717) is 19.4 Å². The van der Waals surface area contributed by atoms with Gasteiger partial charge in [0.25, 0.3) is 0 Å². The Bertz CT molecular complexity index is 664. The van der Waals surface area contributed by atoms with Crippen LogP contribution in [-0.2, 0) is 26.3 Å². The van der Waals surface area contributed by atoms with Gasteiger partial charge in [0.15, 0.2) is 0 Å². The first-order valence-corrected chi connectivity index (χ1v) is 10.8. The molecule has 0 aromatic carbocycles. The molecule has 4 rings (SSSR count). The van der Waals surface area contributed by atoms with E-state index in [1.54, 1.807) is 11.3 Å². The van der Waals surface area contributed by atoms with Crippen LogP contribution in [0.1, 0.15) is 55.4 Å². The topological polar surface area (TPSA) is 49.9 Å². The molecule has 0 N–H and O–H groups in total. The second-order valence-electron chi connectivity index (χ2n) is 7.69. The van der Waals surface area contributed by atoms with Gasteiger partial charge in [-0.15, -0.1) is 11.3 Å². The summed E-state index contributed by atoms with van der Waals surface area (Å²) in [4.78, 5) is 30.0. The molecule has 2 fully saturated rings. The molecule has 6 heteroatoms. The lowest BCUT2D eigenvalue weighted by Crippen LogP contribution is -2.48. The van der Waals surface area contributed by atoms with E-state index < -0.39 is 0 Å². The van der Waals surface area contributed by atoms with Gasteiger partial charge in [-0.2, -0.15) is 0 Å². The molecular formula is C20H28N2O3S. The number of hydrogen-bond donors (Lipinski definition) is 0. The maximum atomic E-state index is 12.6. The van der Waals surface area contributed by atoms with Gasteiger partial charge in [0, 0.05) is 43.9 Å². The molecule has 0 aliphatic carbocycles. The SMILES string of the molecule is O=C1CCCCCN1CCC(=O)N1CCC2(CC1)OCCc1ccsc12. The van der Waals surface area contributed by atoms with Crippen LogP contribution in [0.4, 0.5) is 0 Å². The zero-order valence-electron chi connectivity index (χ0n) is 15.4. The molecule has 2 saturated heterocycles. The Balaban J connectivity index is 1.31. The smallest absolute Gasteiger partial charge is 0.224 e. The minimum absolute atomic E-state index is 0.167. The monoisotopic (exact) mass is 376 g/mol. The van der Waals surface area contributed by atoms with Crippen LogP contribution < -0.4 is 0 Å². The van der Waals surface area contributed by atoms with Crippen molar-refractivity contribution in [3.8, 4) is 0 Å². The molecule has 0 unspecified atom stereocenters. The molecule has 0 atom stereocenters. The van der Waals surface area contributed by atoms with Crippen LogP contribution in [0.15, 0.2) is 11.4 Å². The lowest BCUT2D eigenvalue weighted by molar-refractivity contribution is -0.141. The third kappa shape index (κ3) is 3.54. The predicted molar refractivity (Wildman–Crippen MR) is 101 cm³/mol. The molecule has 1 spiro atoms. The van der Waals surface area contributed by atoms with Gasteiger partial charge >= 0.3 is 0 Å². The average Bonchev–Trinajstić information content (AvgIpc) is 3.05. The number of rotatable bonds is 3. The van der Waals surface area contributed by atoms with Gasteiger partial charge in [0.2, 0.25) is 11.8 Å². The standard InChI is InChI=1S/C20H28N2O3S/c23-17-4-2-1-3-10-21(17)11-5-18(24)22-12-8-20(9-13-22)19-16(6-14-25-20)7-15-26-19/h7,15H,1-6,8-14H2. The molecule has 2 amide bonds. The molecule has 26 heavy (non-hydrogen) atoms. The van der Waals surface area contributed by atoms with Gasteiger partial charge in [-0.05, 0) is 49.1 Å². The van der Waals surface area contributed by atoms with E-state index in [0.717, 1.165) is 64.8 Å². The molecule has 5 nitrogen and oxygen atoms in total. The number of carbonyl (C=O) groups excluding carboxylic acids is 2. The lowest BCUT2D eigenvalue weighted by atomic mass is 9.85. The molecule has 3 aliphatic heterocycles. The fourth-order valence-corrected chi connectivity index (χ4v) is 5.67. The average molecular weight is 377 g/mol. The van der Waals surface area contributed by atoms with Crippen molar-refractivity contribution in [3.63, 3.8) is 0 Å². The summed E-state index contributed by atoms with van der Waals surface area (Å²) in [5.74, 6) is 0.396. The Kier molecular flexibility index (Phi) is 5.32. The molecule has 1 aromatic heterocycles. The van der Waals surface area contributed by atoms with E-state index >= 15 is 0 Å². The second kappa shape index (κ2) is 7.69. The number of ether oxygens (including phenoxy) is 1. The Morgan fingerprint density at radius 2 is 2.00 bits per heavy atom. The van der Waals surface area contributed by atoms with E-state index in [2.05, 4.69) is 11.4 Å². The van der Waals surface area contributed by atoms with Crippen LogP contribution in [0.2, 0.25) is 0 Å². The lowest BCUT2D eigenvalue weighted by Gasteiger charge is -2.43. The predicted octanol–water partition coefficient (Wildman–Crippen LogP) is 2.93. The molecule has 1 aromatic rings. The Morgan fingerprint density at radius 3 is 2.85 bits per heavy atom. The van der Waals surface area contributed by atoms with Crippen molar-refractivity contribution in [2.45, 2.75) is 57.0 Å². The zero-order valence-corrected chi connectivity index (χ0v) is 16.2. The van der Waals surface area contributed by atoms with Gasteiger partial charge in [0.05, 0.1) is 6.61 Å². The first kappa shape index (κ1) is 18.0. The largest absolute Gasteiger partial charge is 0.369 e. The highest BCUT2D eigenvalue weighted by molar-refractivity contribution is 7.10. The number of piperidine rings is 1. The normalized spacial score (nSPS) is 23.0. The Hall–Kier alpha value is -1.40. The summed E-state index contributed by atoms with van der Waals surface area (Å²) in [7, 11) is 0. The fourth-order valence-electron chi connectivity index (χ4n) is 4.51. The minimum atomic E-state index is -0.167. The van der Waals surface area contributed by atoms with Crippen molar-refractivity contribution >= 4 is 23.2 Å². The van der Waals surface area contributed by atoms with E-state index in [1.807, 2.05) is 9.80 Å². The Morgan fingerprint density at radius 1 is 1.15 bits per heavy atom. The highest BCUT2D eigenvalue weighted by atomic mass is 32.1. The highest BCUT2D eigenvalue weighted by Gasteiger charge is 2.42. The zero-order chi connectivity index (χ0) is 18.0. The minimum Gasteiger partial charge on any atom is -0.369 e. The molecule has 0 saturated carbocycles. The highest BCUT2D eigenvalue weighted by Crippen LogP contribution is 2.44. The van der Waals surface area contributed by atoms with Gasteiger partial charge in [-0.1, -0.05) is 6.42 Å². The van der Waals surface area contributed by atoms with Crippen LogP contribution in [-0.4, -0.2) is 54.4 Å². The number of likely N-dealkylation sites (tertiary alicyclic amines) is 2. The number of thiophene rings is 1. The van der Waals surface area contributed by atoms with E-state index in [1.165, 1.54) is 10.4 Å². The molecular weight excluding hydrogens is 348 g/mol. The summed E-state index contributed by atoms with van der Waals surface area (Å²) in [5.41, 5.74) is 1.26. The molecule has 3 aliphatic rings.